The Balaban J connectivity index is 1.48. The Morgan fingerprint density at radius 1 is 0.971 bits per heavy atom. The third-order valence-electron chi connectivity index (χ3n) is 6.57. The van der Waals surface area contributed by atoms with Crippen LogP contribution in [0.1, 0.15) is 30.5 Å². The average Bonchev–Trinajstić information content (AvgIpc) is 2.86. The minimum absolute atomic E-state index is 0.0462. The van der Waals surface area contributed by atoms with E-state index in [0.29, 0.717) is 24.3 Å². The normalized spacial score (nSPS) is 15.1. The van der Waals surface area contributed by atoms with Crippen molar-refractivity contribution in [1.82, 2.24) is 19.6 Å². The molecule has 1 fully saturated rings. The summed E-state index contributed by atoms with van der Waals surface area (Å²) in [5.74, 6) is -0.0404. The fraction of sp³-hybridized carbons (Fsp3) is 0.429. The number of piperazine rings is 1. The molecule has 1 aromatic heterocycles. The van der Waals surface area contributed by atoms with Crippen molar-refractivity contribution in [3.8, 4) is 11.3 Å². The lowest BCUT2D eigenvalue weighted by atomic mass is 10.1. The van der Waals surface area contributed by atoms with Gasteiger partial charge in [-0.25, -0.2) is 9.07 Å². The van der Waals surface area contributed by atoms with Crippen molar-refractivity contribution >= 4 is 0 Å². The molecule has 1 saturated heterocycles. The molecule has 0 spiro atoms. The highest BCUT2D eigenvalue weighted by Crippen LogP contribution is 2.21. The zero-order valence-electron chi connectivity index (χ0n) is 20.8. The quantitative estimate of drug-likeness (QED) is 0.511. The van der Waals surface area contributed by atoms with Crippen LogP contribution >= 0.6 is 0 Å². The molecule has 186 valence electrons. The molecule has 0 saturated carbocycles. The Hall–Kier alpha value is -2.87. The lowest BCUT2D eigenvalue weighted by molar-refractivity contribution is 0.127. The summed E-state index contributed by atoms with van der Waals surface area (Å²) in [6.07, 6.45) is 1.05. The first-order chi connectivity index (χ1) is 16.9. The second-order valence-corrected chi connectivity index (χ2v) is 9.80. The minimum atomic E-state index is -0.322. The first-order valence-corrected chi connectivity index (χ1v) is 12.5. The third kappa shape index (κ3) is 6.63. The first kappa shape index (κ1) is 25.2. The molecule has 0 bridgehead atoms. The molecule has 1 aliphatic heterocycles. The molecular formula is C28H36FN5O. The summed E-state index contributed by atoms with van der Waals surface area (Å²) in [5, 5.41) is 4.62. The molecule has 4 rings (SSSR count). The Bertz CT molecular complexity index is 1170. The average molecular weight is 478 g/mol. The van der Waals surface area contributed by atoms with E-state index < -0.39 is 0 Å². The maximum absolute atomic E-state index is 14.0. The van der Waals surface area contributed by atoms with Crippen LogP contribution in [0, 0.1) is 11.7 Å². The molecule has 2 N–H and O–H groups in total. The second kappa shape index (κ2) is 11.7. The maximum Gasteiger partial charge on any atom is 0.271 e. The second-order valence-electron chi connectivity index (χ2n) is 9.80. The van der Waals surface area contributed by atoms with Crippen molar-refractivity contribution in [2.24, 2.45) is 11.7 Å². The van der Waals surface area contributed by atoms with Crippen LogP contribution in [0.5, 0.6) is 0 Å². The number of rotatable bonds is 9. The molecule has 0 amide bonds. The van der Waals surface area contributed by atoms with Gasteiger partial charge in [-0.15, -0.1) is 0 Å². The van der Waals surface area contributed by atoms with Gasteiger partial charge in [0, 0.05) is 69.0 Å². The van der Waals surface area contributed by atoms with E-state index in [0.717, 1.165) is 50.3 Å². The molecule has 0 unspecified atom stereocenters. The molecule has 0 aliphatic carbocycles. The van der Waals surface area contributed by atoms with Crippen molar-refractivity contribution < 1.29 is 4.39 Å². The van der Waals surface area contributed by atoms with E-state index in [1.807, 2.05) is 6.07 Å². The number of hydrogen-bond donors (Lipinski definition) is 1. The Labute approximate surface area is 207 Å². The van der Waals surface area contributed by atoms with E-state index >= 15 is 0 Å². The fourth-order valence-corrected chi connectivity index (χ4v) is 4.56. The Kier molecular flexibility index (Phi) is 8.44. The topological polar surface area (TPSA) is 67.4 Å². The van der Waals surface area contributed by atoms with Gasteiger partial charge in [-0.1, -0.05) is 44.2 Å². The van der Waals surface area contributed by atoms with Gasteiger partial charge in [0.15, 0.2) is 0 Å². The van der Waals surface area contributed by atoms with Gasteiger partial charge in [-0.05, 0) is 42.2 Å². The number of halogens is 1. The Morgan fingerprint density at radius 3 is 2.37 bits per heavy atom. The van der Waals surface area contributed by atoms with Gasteiger partial charge in [0.2, 0.25) is 0 Å². The van der Waals surface area contributed by atoms with Gasteiger partial charge in [0.1, 0.15) is 5.82 Å². The highest BCUT2D eigenvalue weighted by Gasteiger charge is 2.20. The predicted octanol–water partition coefficient (Wildman–Crippen LogP) is 3.52. The van der Waals surface area contributed by atoms with Gasteiger partial charge in [0.25, 0.3) is 5.56 Å². The highest BCUT2D eigenvalue weighted by atomic mass is 19.1. The summed E-state index contributed by atoms with van der Waals surface area (Å²) in [6.45, 7) is 10.2. The smallest absolute Gasteiger partial charge is 0.271 e. The summed E-state index contributed by atoms with van der Waals surface area (Å²) >= 11 is 0. The zero-order chi connectivity index (χ0) is 24.8. The first-order valence-electron chi connectivity index (χ1n) is 12.5. The van der Waals surface area contributed by atoms with Crippen LogP contribution in [-0.2, 0) is 26.1 Å². The molecule has 0 atom stereocenters. The van der Waals surface area contributed by atoms with Crippen LogP contribution in [0.25, 0.3) is 11.3 Å². The maximum atomic E-state index is 14.0. The van der Waals surface area contributed by atoms with Crippen LogP contribution in [0.3, 0.4) is 0 Å². The minimum Gasteiger partial charge on any atom is -0.326 e. The SMILES string of the molecule is CC(C)Cn1nc(-c2ccc(F)c(CN)c2)cc(CN2CCN(CCc3ccccc3)CC2)c1=O. The van der Waals surface area contributed by atoms with Gasteiger partial charge in [0.05, 0.1) is 5.69 Å². The predicted molar refractivity (Wildman–Crippen MR) is 138 cm³/mol. The lowest BCUT2D eigenvalue weighted by Gasteiger charge is -2.34. The molecule has 6 nitrogen and oxygen atoms in total. The molecule has 2 aromatic carbocycles. The molecule has 7 heteroatoms. The zero-order valence-corrected chi connectivity index (χ0v) is 20.8. The number of aromatic nitrogens is 2. The molecule has 2 heterocycles. The summed E-state index contributed by atoms with van der Waals surface area (Å²) in [5.41, 5.74) is 9.65. The summed E-state index contributed by atoms with van der Waals surface area (Å²) in [7, 11) is 0. The monoisotopic (exact) mass is 477 g/mol. The van der Waals surface area contributed by atoms with E-state index in [9.17, 15) is 9.18 Å². The molecule has 3 aromatic rings. The fourth-order valence-electron chi connectivity index (χ4n) is 4.56. The largest absolute Gasteiger partial charge is 0.326 e. The van der Waals surface area contributed by atoms with E-state index in [1.54, 1.807) is 16.8 Å². The van der Waals surface area contributed by atoms with E-state index in [1.165, 1.54) is 11.6 Å². The van der Waals surface area contributed by atoms with Gasteiger partial charge >= 0.3 is 0 Å². The standard InChI is InChI=1S/C28H36FN5O/c1-21(2)19-34-28(35)25(17-27(31-34)23-8-9-26(29)24(16-23)18-30)20-33-14-12-32(13-15-33)11-10-22-6-4-3-5-7-22/h3-9,16-17,21H,10-15,18-20,30H2,1-2H3. The number of nitrogens with zero attached hydrogens (tertiary/aromatic N) is 4. The molecule has 1 aliphatic rings. The van der Waals surface area contributed by atoms with Crippen LogP contribution in [-0.4, -0.2) is 52.3 Å². The van der Waals surface area contributed by atoms with Crippen molar-refractivity contribution in [2.45, 2.75) is 39.9 Å². The molecule has 35 heavy (non-hydrogen) atoms. The number of nitrogens with two attached hydrogens (primary N) is 1. The van der Waals surface area contributed by atoms with Gasteiger partial charge in [-0.3, -0.25) is 9.69 Å². The highest BCUT2D eigenvalue weighted by molar-refractivity contribution is 5.60. The summed E-state index contributed by atoms with van der Waals surface area (Å²) < 4.78 is 15.6. The number of benzene rings is 2. The van der Waals surface area contributed by atoms with E-state index in [-0.39, 0.29) is 23.8 Å². The van der Waals surface area contributed by atoms with Crippen molar-refractivity contribution in [1.29, 1.82) is 0 Å². The van der Waals surface area contributed by atoms with Crippen LogP contribution in [0.15, 0.2) is 59.4 Å². The van der Waals surface area contributed by atoms with E-state index in [2.05, 4.69) is 59.1 Å². The van der Waals surface area contributed by atoms with Crippen LogP contribution < -0.4 is 11.3 Å². The third-order valence-corrected chi connectivity index (χ3v) is 6.57. The van der Waals surface area contributed by atoms with Crippen molar-refractivity contribution in [3.05, 3.63) is 87.5 Å². The van der Waals surface area contributed by atoms with E-state index in [4.69, 9.17) is 5.73 Å². The number of hydrogen-bond acceptors (Lipinski definition) is 5. The Morgan fingerprint density at radius 2 is 1.69 bits per heavy atom. The van der Waals surface area contributed by atoms with Crippen molar-refractivity contribution in [2.75, 3.05) is 32.7 Å². The summed E-state index contributed by atoms with van der Waals surface area (Å²) in [4.78, 5) is 18.1. The summed E-state index contributed by atoms with van der Waals surface area (Å²) in [6, 6.07) is 17.3. The van der Waals surface area contributed by atoms with Gasteiger partial charge < -0.3 is 10.6 Å². The van der Waals surface area contributed by atoms with Gasteiger partial charge in [-0.2, -0.15) is 5.10 Å². The molecule has 0 radical (unpaired) electrons. The van der Waals surface area contributed by atoms with Crippen LogP contribution in [0.4, 0.5) is 4.39 Å². The lowest BCUT2D eigenvalue weighted by Crippen LogP contribution is -2.47. The molecular weight excluding hydrogens is 441 g/mol. The van der Waals surface area contributed by atoms with Crippen LogP contribution in [0.2, 0.25) is 0 Å². The van der Waals surface area contributed by atoms with Crippen molar-refractivity contribution in [3.63, 3.8) is 0 Å².